The first kappa shape index (κ1) is 21.0. The van der Waals surface area contributed by atoms with Gasteiger partial charge in [-0.25, -0.2) is 0 Å². The number of ether oxygens (including phenoxy) is 1. The van der Waals surface area contributed by atoms with Gasteiger partial charge in [0.2, 0.25) is 0 Å². The summed E-state index contributed by atoms with van der Waals surface area (Å²) in [5.74, 6) is 2.23. The summed E-state index contributed by atoms with van der Waals surface area (Å²) in [6.45, 7) is 0.741. The van der Waals surface area contributed by atoms with Crippen LogP contribution in [0.2, 0.25) is 5.02 Å². The van der Waals surface area contributed by atoms with Gasteiger partial charge in [-0.2, -0.15) is 0 Å². The van der Waals surface area contributed by atoms with E-state index in [9.17, 15) is 10.1 Å². The molecule has 8 nitrogen and oxygen atoms in total. The molecule has 4 aromatic rings. The molecule has 0 unspecified atom stereocenters. The molecule has 2 aromatic carbocycles. The molecule has 0 fully saturated rings. The van der Waals surface area contributed by atoms with Crippen molar-refractivity contribution in [1.29, 1.82) is 0 Å². The van der Waals surface area contributed by atoms with Crippen molar-refractivity contribution in [3.05, 3.63) is 87.8 Å². The molecule has 158 valence electrons. The highest BCUT2D eigenvalue weighted by Crippen LogP contribution is 2.28. The lowest BCUT2D eigenvalue weighted by molar-refractivity contribution is -0.385. The zero-order valence-corrected chi connectivity index (χ0v) is 17.8. The van der Waals surface area contributed by atoms with Crippen molar-refractivity contribution < 1.29 is 14.1 Å². The molecule has 2 aromatic heterocycles. The van der Waals surface area contributed by atoms with E-state index in [1.807, 2.05) is 28.8 Å². The minimum absolute atomic E-state index is 0.0569. The number of hydrogen-bond donors (Lipinski definition) is 0. The van der Waals surface area contributed by atoms with E-state index in [2.05, 4.69) is 10.2 Å². The van der Waals surface area contributed by atoms with E-state index in [0.29, 0.717) is 28.3 Å². The van der Waals surface area contributed by atoms with Gasteiger partial charge in [0.1, 0.15) is 5.76 Å². The summed E-state index contributed by atoms with van der Waals surface area (Å²) < 4.78 is 13.1. The van der Waals surface area contributed by atoms with Crippen LogP contribution in [0, 0.1) is 10.1 Å². The summed E-state index contributed by atoms with van der Waals surface area (Å²) in [5, 5.41) is 21.1. The zero-order valence-electron chi connectivity index (χ0n) is 16.2. The number of nitro groups is 1. The number of para-hydroxylation sites is 2. The lowest BCUT2D eigenvalue weighted by Crippen LogP contribution is -2.06. The first-order chi connectivity index (χ1) is 15.1. The van der Waals surface area contributed by atoms with Crippen LogP contribution < -0.4 is 4.74 Å². The maximum absolute atomic E-state index is 11.1. The quantitative estimate of drug-likeness (QED) is 0.145. The number of halogens is 1. The Labute approximate surface area is 187 Å². The third-order valence-corrected chi connectivity index (χ3v) is 5.53. The first-order valence-corrected chi connectivity index (χ1v) is 10.7. The second-order valence-electron chi connectivity index (χ2n) is 6.40. The van der Waals surface area contributed by atoms with E-state index in [-0.39, 0.29) is 18.0 Å². The van der Waals surface area contributed by atoms with Crippen LogP contribution >= 0.6 is 23.4 Å². The molecule has 0 saturated carbocycles. The maximum atomic E-state index is 11.1. The predicted molar refractivity (Wildman–Crippen MR) is 118 cm³/mol. The molecule has 0 aliphatic heterocycles. The molecule has 0 bridgehead atoms. The average molecular weight is 457 g/mol. The van der Waals surface area contributed by atoms with Crippen molar-refractivity contribution >= 4 is 29.1 Å². The molecule has 4 rings (SSSR count). The Morgan fingerprint density at radius 3 is 2.65 bits per heavy atom. The summed E-state index contributed by atoms with van der Waals surface area (Å²) in [7, 11) is 0. The summed E-state index contributed by atoms with van der Waals surface area (Å²) in [6, 6.07) is 17.4. The highest BCUT2D eigenvalue weighted by atomic mass is 35.5. The number of aromatic nitrogens is 3. The Balaban J connectivity index is 1.49. The molecule has 0 saturated heterocycles. The largest absolute Gasteiger partial charge is 0.486 e. The molecule has 0 aliphatic rings. The van der Waals surface area contributed by atoms with Gasteiger partial charge in [0.15, 0.2) is 16.7 Å². The van der Waals surface area contributed by atoms with Gasteiger partial charge in [-0.1, -0.05) is 35.5 Å². The van der Waals surface area contributed by atoms with Gasteiger partial charge in [-0.05, 0) is 42.5 Å². The molecule has 0 amide bonds. The molecule has 31 heavy (non-hydrogen) atoms. The summed E-state index contributed by atoms with van der Waals surface area (Å²) in [5.41, 5.74) is 0.824. The monoisotopic (exact) mass is 456 g/mol. The average Bonchev–Trinajstić information content (AvgIpc) is 3.43. The van der Waals surface area contributed by atoms with Crippen molar-refractivity contribution in [1.82, 2.24) is 14.8 Å². The van der Waals surface area contributed by atoms with Crippen molar-refractivity contribution in [2.75, 3.05) is 12.4 Å². The van der Waals surface area contributed by atoms with Gasteiger partial charge >= 0.3 is 5.69 Å². The molecule has 0 aliphatic carbocycles. The third kappa shape index (κ3) is 5.07. The highest BCUT2D eigenvalue weighted by Gasteiger charge is 2.17. The van der Waals surface area contributed by atoms with E-state index in [4.69, 9.17) is 20.8 Å². The molecule has 0 radical (unpaired) electrons. The number of thioether (sulfide) groups is 1. The van der Waals surface area contributed by atoms with Gasteiger partial charge < -0.3 is 9.15 Å². The van der Waals surface area contributed by atoms with Gasteiger partial charge in [0, 0.05) is 22.4 Å². The highest BCUT2D eigenvalue weighted by molar-refractivity contribution is 7.99. The van der Waals surface area contributed by atoms with Crippen LogP contribution in [0.5, 0.6) is 5.75 Å². The minimum Gasteiger partial charge on any atom is -0.486 e. The molecular formula is C21H17ClN4O4S. The van der Waals surface area contributed by atoms with Crippen LogP contribution in [-0.4, -0.2) is 32.0 Å². The number of hydrogen-bond acceptors (Lipinski definition) is 7. The van der Waals surface area contributed by atoms with E-state index in [1.165, 1.54) is 17.8 Å². The smallest absolute Gasteiger partial charge is 0.310 e. The SMILES string of the molecule is O=[N+]([O-])c1ccccc1OCCSc1nnc(-c2ccc(Cl)cc2)n1Cc1ccco1. The van der Waals surface area contributed by atoms with Crippen LogP contribution in [0.4, 0.5) is 5.69 Å². The second kappa shape index (κ2) is 9.67. The number of rotatable bonds is 9. The summed E-state index contributed by atoms with van der Waals surface area (Å²) in [4.78, 5) is 10.7. The second-order valence-corrected chi connectivity index (χ2v) is 7.90. The van der Waals surface area contributed by atoms with E-state index in [1.54, 1.807) is 36.6 Å². The number of benzene rings is 2. The molecule has 2 heterocycles. The summed E-state index contributed by atoms with van der Waals surface area (Å²) in [6.07, 6.45) is 1.62. The number of nitro benzene ring substituents is 1. The Hall–Kier alpha value is -3.30. The lowest BCUT2D eigenvalue weighted by Gasteiger charge is -2.10. The standard InChI is InChI=1S/C21H17ClN4O4S/c22-16-9-7-15(8-10-16)20-23-24-21(25(20)14-17-4-3-11-29-17)31-13-12-30-19-6-2-1-5-18(19)26(27)28/h1-11H,12-14H2. The van der Waals surface area contributed by atoms with Gasteiger partial charge in [0.25, 0.3) is 0 Å². The first-order valence-electron chi connectivity index (χ1n) is 9.32. The topological polar surface area (TPSA) is 96.2 Å². The van der Waals surface area contributed by atoms with Crippen molar-refractivity contribution in [3.8, 4) is 17.1 Å². The Morgan fingerprint density at radius 2 is 1.90 bits per heavy atom. The summed E-state index contributed by atoms with van der Waals surface area (Å²) >= 11 is 7.45. The third-order valence-electron chi connectivity index (χ3n) is 4.35. The molecule has 0 spiro atoms. The van der Waals surface area contributed by atoms with E-state index in [0.717, 1.165) is 11.3 Å². The molecule has 10 heteroatoms. The Kier molecular flexibility index (Phi) is 6.54. The Bertz CT molecular complexity index is 1160. The van der Waals surface area contributed by atoms with E-state index >= 15 is 0 Å². The van der Waals surface area contributed by atoms with Crippen molar-refractivity contribution in [3.63, 3.8) is 0 Å². The zero-order chi connectivity index (χ0) is 21.6. The molecular weight excluding hydrogens is 440 g/mol. The molecule has 0 N–H and O–H groups in total. The van der Waals surface area contributed by atoms with Crippen LogP contribution in [0.3, 0.4) is 0 Å². The fourth-order valence-corrected chi connectivity index (χ4v) is 3.80. The van der Waals surface area contributed by atoms with Crippen molar-refractivity contribution in [2.45, 2.75) is 11.7 Å². The van der Waals surface area contributed by atoms with Crippen LogP contribution in [0.15, 0.2) is 76.5 Å². The van der Waals surface area contributed by atoms with Crippen LogP contribution in [0.25, 0.3) is 11.4 Å². The fraction of sp³-hybridized carbons (Fsp3) is 0.143. The predicted octanol–water partition coefficient (Wildman–Crippen LogP) is 5.32. The van der Waals surface area contributed by atoms with Gasteiger partial charge in [-0.15, -0.1) is 10.2 Å². The number of furan rings is 1. The van der Waals surface area contributed by atoms with Crippen LogP contribution in [0.1, 0.15) is 5.76 Å². The fourth-order valence-electron chi connectivity index (χ4n) is 2.92. The van der Waals surface area contributed by atoms with Gasteiger partial charge in [0.05, 0.1) is 24.3 Å². The van der Waals surface area contributed by atoms with E-state index < -0.39 is 4.92 Å². The number of nitrogens with zero attached hydrogens (tertiary/aromatic N) is 4. The maximum Gasteiger partial charge on any atom is 0.310 e. The minimum atomic E-state index is -0.457. The normalized spacial score (nSPS) is 10.9. The lowest BCUT2D eigenvalue weighted by atomic mass is 10.2. The van der Waals surface area contributed by atoms with Crippen LogP contribution in [-0.2, 0) is 6.54 Å². The molecule has 0 atom stereocenters. The van der Waals surface area contributed by atoms with Crippen molar-refractivity contribution in [2.24, 2.45) is 0 Å². The van der Waals surface area contributed by atoms with Gasteiger partial charge in [-0.3, -0.25) is 14.7 Å². The Morgan fingerprint density at radius 1 is 1.10 bits per heavy atom.